The van der Waals surface area contributed by atoms with Crippen LogP contribution >= 0.6 is 0 Å². The van der Waals surface area contributed by atoms with Gasteiger partial charge in [-0.2, -0.15) is 0 Å². The molecule has 0 aromatic heterocycles. The third kappa shape index (κ3) is 43.6. The summed E-state index contributed by atoms with van der Waals surface area (Å²) in [6, 6.07) is -0.834. The summed E-state index contributed by atoms with van der Waals surface area (Å²) in [7, 11) is 0. The van der Waals surface area contributed by atoms with Crippen molar-refractivity contribution in [3.05, 3.63) is 60.8 Å². The molecule has 2 aliphatic heterocycles. The number of hydrogen-bond acceptors (Lipinski definition) is 13. The maximum absolute atomic E-state index is 13.4. The fourth-order valence-corrected chi connectivity index (χ4v) is 12.3. The molecule has 0 radical (unpaired) electrons. The third-order valence-electron chi connectivity index (χ3n) is 18.2. The predicted molar refractivity (Wildman–Crippen MR) is 369 cm³/mol. The second-order valence-corrected chi connectivity index (χ2v) is 26.4. The minimum atomic E-state index is -1.78. The van der Waals surface area contributed by atoms with Gasteiger partial charge in [0.15, 0.2) is 12.6 Å². The molecule has 1 amide bonds. The van der Waals surface area contributed by atoms with Crippen molar-refractivity contribution in [1.29, 1.82) is 0 Å². The summed E-state index contributed by atoms with van der Waals surface area (Å²) in [4.78, 5) is 13.4. The smallest absolute Gasteiger partial charge is 0.220 e. The number of carbonyl (C=O) groups is 1. The van der Waals surface area contributed by atoms with Crippen LogP contribution in [0.1, 0.15) is 322 Å². The van der Waals surface area contributed by atoms with Gasteiger partial charge < -0.3 is 65.1 Å². The number of unbranched alkanes of at least 4 members (excludes halogenated alkanes) is 39. The first-order valence-electron chi connectivity index (χ1n) is 37.5. The van der Waals surface area contributed by atoms with Gasteiger partial charge in [-0.25, -0.2) is 0 Å². The Bertz CT molecular complexity index is 1740. The highest BCUT2D eigenvalue weighted by atomic mass is 16.7. The first-order chi connectivity index (χ1) is 44.1. The largest absolute Gasteiger partial charge is 0.394 e. The van der Waals surface area contributed by atoms with Crippen molar-refractivity contribution in [2.24, 2.45) is 0 Å². The summed E-state index contributed by atoms with van der Waals surface area (Å²) >= 11 is 0. The molecule has 12 unspecified atom stereocenters. The van der Waals surface area contributed by atoms with E-state index in [0.29, 0.717) is 12.8 Å². The van der Waals surface area contributed by atoms with Gasteiger partial charge >= 0.3 is 0 Å². The number of rotatable bonds is 62. The Kier molecular flexibility index (Phi) is 56.2. The van der Waals surface area contributed by atoms with E-state index in [2.05, 4.69) is 79.9 Å². The van der Waals surface area contributed by atoms with E-state index in [1.165, 1.54) is 212 Å². The molecular weight excluding hydrogens is 1130 g/mol. The van der Waals surface area contributed by atoms with E-state index < -0.39 is 86.8 Å². The molecule has 14 heteroatoms. The molecule has 526 valence electrons. The summed E-state index contributed by atoms with van der Waals surface area (Å²) in [6.45, 7) is 2.79. The molecule has 2 rings (SSSR count). The lowest BCUT2D eigenvalue weighted by Crippen LogP contribution is -2.65. The summed E-state index contributed by atoms with van der Waals surface area (Å²) in [5.41, 5.74) is 0. The first kappa shape index (κ1) is 83.8. The van der Waals surface area contributed by atoms with Gasteiger partial charge in [-0.15, -0.1) is 0 Å². The van der Waals surface area contributed by atoms with Crippen LogP contribution in [0.3, 0.4) is 0 Å². The standard InChI is InChI=1S/C76H139NO13/c1-3-5-7-9-11-13-15-17-19-21-23-25-27-29-31-32-34-36-38-40-42-44-46-48-50-52-54-56-58-60-68(81)77-64(63-87-75-73(86)71(84)74(67(62-79)89-75)90-76-72(85)70(83)69(82)66(61-78)88-76)65(80)59-57-55-53-51-49-47-45-43-41-39-37-35-33-30-28-26-24-22-20-18-16-14-12-10-8-6-4-2/h5,7,11,13,17,19,23,25,29,31,64-67,69-76,78-80,82-86H,3-4,6,8-10,12,14-16,18,20-22,24,26-28,30,32-63H2,1-2H3,(H,77,81)/b7-5-,13-11-,19-17-,25-23-,31-29-. The molecule has 2 heterocycles. The van der Waals surface area contributed by atoms with Gasteiger partial charge in [-0.05, 0) is 57.8 Å². The fourth-order valence-electron chi connectivity index (χ4n) is 12.3. The molecule has 2 fully saturated rings. The van der Waals surface area contributed by atoms with Crippen molar-refractivity contribution in [3.63, 3.8) is 0 Å². The highest BCUT2D eigenvalue weighted by Gasteiger charge is 2.51. The van der Waals surface area contributed by atoms with Gasteiger partial charge in [0.2, 0.25) is 5.91 Å². The lowest BCUT2D eigenvalue weighted by atomic mass is 9.97. The Labute approximate surface area is 549 Å². The van der Waals surface area contributed by atoms with Gasteiger partial charge in [0.25, 0.3) is 0 Å². The van der Waals surface area contributed by atoms with E-state index in [9.17, 15) is 45.6 Å². The summed E-state index contributed by atoms with van der Waals surface area (Å²) in [5.74, 6) is -0.205. The quantitative estimate of drug-likeness (QED) is 0.0204. The van der Waals surface area contributed by atoms with Gasteiger partial charge in [0.05, 0.1) is 32.0 Å². The van der Waals surface area contributed by atoms with E-state index in [1.54, 1.807) is 0 Å². The molecule has 0 aromatic carbocycles. The number of amides is 1. The molecule has 0 aromatic rings. The van der Waals surface area contributed by atoms with Gasteiger partial charge in [0, 0.05) is 6.42 Å². The zero-order valence-electron chi connectivity index (χ0n) is 57.4. The van der Waals surface area contributed by atoms with Crippen LogP contribution in [-0.2, 0) is 23.7 Å². The Balaban J connectivity index is 1.64. The summed E-state index contributed by atoms with van der Waals surface area (Å²) in [5, 5.41) is 87.8. The molecular formula is C76H139NO13. The lowest BCUT2D eigenvalue weighted by Gasteiger charge is -2.46. The van der Waals surface area contributed by atoms with Crippen LogP contribution in [-0.4, -0.2) is 140 Å². The SMILES string of the molecule is CC/C=C\C/C=C\C/C=C\C/C=C\C/C=C\CCCCCCCCCCCCCCCC(=O)NC(COC1OC(CO)C(OC2OC(CO)C(O)C(O)C2O)C(O)C1O)C(O)CCCCCCCCCCCCCCCCCCCCCCCCCCCCC. The average Bonchev–Trinajstić information content (AvgIpc) is 1.26. The number of allylic oxidation sites excluding steroid dienone is 10. The minimum absolute atomic E-state index is 0.205. The van der Waals surface area contributed by atoms with Crippen LogP contribution < -0.4 is 5.32 Å². The topological polar surface area (TPSA) is 228 Å². The van der Waals surface area contributed by atoms with Crippen molar-refractivity contribution < 1.29 is 64.6 Å². The maximum atomic E-state index is 13.4. The summed E-state index contributed by atoms with van der Waals surface area (Å²) in [6.07, 6.45) is 63.8. The Hall–Kier alpha value is -2.31. The molecule has 0 aliphatic carbocycles. The molecule has 9 N–H and O–H groups in total. The zero-order valence-corrected chi connectivity index (χ0v) is 57.4. The summed E-state index contributed by atoms with van der Waals surface area (Å²) < 4.78 is 23.0. The number of aliphatic hydroxyl groups is 8. The highest BCUT2D eigenvalue weighted by Crippen LogP contribution is 2.30. The molecule has 90 heavy (non-hydrogen) atoms. The Morgan fingerprint density at radius 3 is 1.18 bits per heavy atom. The molecule has 0 bridgehead atoms. The van der Waals surface area contributed by atoms with Crippen molar-refractivity contribution >= 4 is 5.91 Å². The van der Waals surface area contributed by atoms with Crippen molar-refractivity contribution in [1.82, 2.24) is 5.32 Å². The number of nitrogens with one attached hydrogen (secondary N) is 1. The number of carbonyl (C=O) groups excluding carboxylic acids is 1. The van der Waals surface area contributed by atoms with Gasteiger partial charge in [-0.1, -0.05) is 319 Å². The Morgan fingerprint density at radius 1 is 0.411 bits per heavy atom. The van der Waals surface area contributed by atoms with E-state index in [1.807, 2.05) is 0 Å². The fraction of sp³-hybridized carbons (Fsp3) is 0.855. The second-order valence-electron chi connectivity index (χ2n) is 26.4. The van der Waals surface area contributed by atoms with E-state index in [-0.39, 0.29) is 12.5 Å². The van der Waals surface area contributed by atoms with E-state index in [4.69, 9.17) is 18.9 Å². The van der Waals surface area contributed by atoms with E-state index >= 15 is 0 Å². The van der Waals surface area contributed by atoms with Crippen LogP contribution in [0.25, 0.3) is 0 Å². The number of ether oxygens (including phenoxy) is 4. The molecule has 12 atom stereocenters. The van der Waals surface area contributed by atoms with Crippen molar-refractivity contribution in [2.75, 3.05) is 19.8 Å². The first-order valence-corrected chi connectivity index (χ1v) is 37.5. The third-order valence-corrected chi connectivity index (χ3v) is 18.2. The normalized spacial score (nSPS) is 23.2. The van der Waals surface area contributed by atoms with Crippen LogP contribution in [0.15, 0.2) is 60.8 Å². The molecule has 0 spiro atoms. The molecule has 0 saturated carbocycles. The highest BCUT2D eigenvalue weighted by molar-refractivity contribution is 5.76. The van der Waals surface area contributed by atoms with Crippen molar-refractivity contribution in [2.45, 2.75) is 396 Å². The van der Waals surface area contributed by atoms with Gasteiger partial charge in [-0.3, -0.25) is 4.79 Å². The number of aliphatic hydroxyl groups excluding tert-OH is 8. The minimum Gasteiger partial charge on any atom is -0.394 e. The Morgan fingerprint density at radius 2 is 0.767 bits per heavy atom. The van der Waals surface area contributed by atoms with Gasteiger partial charge in [0.1, 0.15) is 48.8 Å². The average molecular weight is 1270 g/mol. The van der Waals surface area contributed by atoms with Crippen LogP contribution in [0.2, 0.25) is 0 Å². The number of hydrogen-bond donors (Lipinski definition) is 9. The maximum Gasteiger partial charge on any atom is 0.220 e. The lowest BCUT2D eigenvalue weighted by molar-refractivity contribution is -0.359. The van der Waals surface area contributed by atoms with Crippen LogP contribution in [0, 0.1) is 0 Å². The van der Waals surface area contributed by atoms with Crippen molar-refractivity contribution in [3.8, 4) is 0 Å². The van der Waals surface area contributed by atoms with Crippen LogP contribution in [0.5, 0.6) is 0 Å². The predicted octanol–water partition coefficient (Wildman–Crippen LogP) is 16.0. The van der Waals surface area contributed by atoms with Crippen LogP contribution in [0.4, 0.5) is 0 Å². The monoisotopic (exact) mass is 1270 g/mol. The zero-order chi connectivity index (χ0) is 65.2. The molecule has 2 aliphatic rings. The molecule has 14 nitrogen and oxygen atoms in total. The second kappa shape index (κ2) is 60.4. The van der Waals surface area contributed by atoms with E-state index in [0.717, 1.165) is 83.5 Å². The molecule has 2 saturated heterocycles.